The van der Waals surface area contributed by atoms with Gasteiger partial charge < -0.3 is 15.4 Å². The summed E-state index contributed by atoms with van der Waals surface area (Å²) in [6.45, 7) is 4.26. The van der Waals surface area contributed by atoms with Crippen molar-refractivity contribution in [3.8, 4) is 5.75 Å². The van der Waals surface area contributed by atoms with Crippen LogP contribution < -0.4 is 15.4 Å². The van der Waals surface area contributed by atoms with Crippen LogP contribution in [0.25, 0.3) is 0 Å². The van der Waals surface area contributed by atoms with E-state index in [2.05, 4.69) is 20.8 Å². The van der Waals surface area contributed by atoms with Crippen molar-refractivity contribution in [2.45, 2.75) is 26.7 Å². The van der Waals surface area contributed by atoms with E-state index >= 15 is 0 Å². The van der Waals surface area contributed by atoms with E-state index in [0.717, 1.165) is 11.4 Å². The van der Waals surface area contributed by atoms with Gasteiger partial charge in [-0.1, -0.05) is 31.3 Å². The maximum atomic E-state index is 12.1. The van der Waals surface area contributed by atoms with Crippen LogP contribution in [0.15, 0.2) is 24.3 Å². The summed E-state index contributed by atoms with van der Waals surface area (Å²) >= 11 is 1.32. The molecule has 1 atom stereocenters. The first kappa shape index (κ1) is 18.9. The summed E-state index contributed by atoms with van der Waals surface area (Å²) in [4.78, 5) is 23.9. The van der Waals surface area contributed by atoms with Crippen molar-refractivity contribution >= 4 is 28.3 Å². The number of benzene rings is 1. The van der Waals surface area contributed by atoms with Crippen LogP contribution in [-0.4, -0.2) is 35.7 Å². The Labute approximate surface area is 150 Å². The number of ether oxygens (including phenoxy) is 1. The highest BCUT2D eigenvalue weighted by Crippen LogP contribution is 2.17. The molecule has 2 rings (SSSR count). The zero-order chi connectivity index (χ0) is 18.2. The lowest BCUT2D eigenvalue weighted by Gasteiger charge is -2.06. The summed E-state index contributed by atoms with van der Waals surface area (Å²) in [5.41, 5.74) is 0.540. The number of hydrogen-bond donors (Lipinski definition) is 2. The molecule has 1 aromatic carbocycles. The molecule has 25 heavy (non-hydrogen) atoms. The predicted octanol–water partition coefficient (Wildman–Crippen LogP) is 2.50. The molecule has 0 fully saturated rings. The van der Waals surface area contributed by atoms with Crippen LogP contribution in [-0.2, 0) is 11.2 Å². The minimum absolute atomic E-state index is 0.0588. The monoisotopic (exact) mass is 362 g/mol. The van der Waals surface area contributed by atoms with Crippen molar-refractivity contribution in [2.24, 2.45) is 5.92 Å². The fourth-order valence-electron chi connectivity index (χ4n) is 1.97. The minimum Gasteiger partial charge on any atom is -0.497 e. The Balaban J connectivity index is 1.82. The molecule has 1 aromatic heterocycles. The second kappa shape index (κ2) is 9.12. The first-order valence-electron chi connectivity index (χ1n) is 8.09. The van der Waals surface area contributed by atoms with Gasteiger partial charge in [0.15, 0.2) is 0 Å². The number of hydrogen-bond acceptors (Lipinski definition) is 6. The van der Waals surface area contributed by atoms with Crippen molar-refractivity contribution in [1.29, 1.82) is 0 Å². The lowest BCUT2D eigenvalue weighted by molar-refractivity contribution is -0.119. The fourth-order valence-corrected chi connectivity index (χ4v) is 2.71. The van der Waals surface area contributed by atoms with E-state index in [1.165, 1.54) is 11.3 Å². The number of aromatic nitrogens is 2. The highest BCUT2D eigenvalue weighted by molar-refractivity contribution is 7.15. The van der Waals surface area contributed by atoms with E-state index in [0.29, 0.717) is 29.4 Å². The van der Waals surface area contributed by atoms with Gasteiger partial charge in [0.25, 0.3) is 5.91 Å². The van der Waals surface area contributed by atoms with E-state index in [9.17, 15) is 9.59 Å². The minimum atomic E-state index is -0.172. The second-order valence-electron chi connectivity index (χ2n) is 5.54. The molecule has 2 aromatic rings. The molecule has 0 aliphatic heterocycles. The van der Waals surface area contributed by atoms with Gasteiger partial charge in [0.05, 0.1) is 7.11 Å². The van der Waals surface area contributed by atoms with Crippen LogP contribution in [0.1, 0.15) is 35.6 Å². The molecule has 0 saturated heterocycles. The molecule has 7 nitrogen and oxygen atoms in total. The highest BCUT2D eigenvalue weighted by Gasteiger charge is 2.13. The van der Waals surface area contributed by atoms with Gasteiger partial charge in [0, 0.05) is 24.4 Å². The summed E-state index contributed by atoms with van der Waals surface area (Å²) in [5, 5.41) is 14.8. The number of rotatable bonds is 8. The number of nitrogens with zero attached hydrogens (tertiary/aromatic N) is 2. The first-order valence-corrected chi connectivity index (χ1v) is 8.90. The Morgan fingerprint density at radius 3 is 2.84 bits per heavy atom. The topological polar surface area (TPSA) is 93.2 Å². The first-order chi connectivity index (χ1) is 12.0. The molecule has 0 bridgehead atoms. The van der Waals surface area contributed by atoms with Crippen LogP contribution in [0.5, 0.6) is 5.75 Å². The van der Waals surface area contributed by atoms with Crippen molar-refractivity contribution in [1.82, 2.24) is 15.5 Å². The Bertz CT molecular complexity index is 732. The van der Waals surface area contributed by atoms with Crippen molar-refractivity contribution in [3.63, 3.8) is 0 Å². The smallest absolute Gasteiger partial charge is 0.251 e. The molecule has 0 saturated carbocycles. The van der Waals surface area contributed by atoms with Gasteiger partial charge in [-0.05, 0) is 24.6 Å². The van der Waals surface area contributed by atoms with E-state index in [-0.39, 0.29) is 17.7 Å². The Morgan fingerprint density at radius 1 is 1.32 bits per heavy atom. The van der Waals surface area contributed by atoms with Gasteiger partial charge in [-0.2, -0.15) is 0 Å². The maximum Gasteiger partial charge on any atom is 0.251 e. The van der Waals surface area contributed by atoms with Crippen LogP contribution in [0.4, 0.5) is 5.13 Å². The third kappa shape index (κ3) is 5.53. The largest absolute Gasteiger partial charge is 0.497 e. The number of methoxy groups -OCH3 is 1. The summed E-state index contributed by atoms with van der Waals surface area (Å²) < 4.78 is 5.11. The molecular formula is C17H22N4O3S. The van der Waals surface area contributed by atoms with E-state index < -0.39 is 0 Å². The number of carbonyl (C=O) groups excluding carboxylic acids is 2. The van der Waals surface area contributed by atoms with Crippen LogP contribution in [0, 0.1) is 5.92 Å². The van der Waals surface area contributed by atoms with Gasteiger partial charge >= 0.3 is 0 Å². The van der Waals surface area contributed by atoms with E-state index in [1.807, 2.05) is 13.8 Å². The Morgan fingerprint density at radius 2 is 2.12 bits per heavy atom. The Kier molecular flexibility index (Phi) is 6.88. The second-order valence-corrected chi connectivity index (χ2v) is 6.60. The quantitative estimate of drug-likeness (QED) is 0.753. The van der Waals surface area contributed by atoms with Gasteiger partial charge in [0.1, 0.15) is 10.8 Å². The maximum absolute atomic E-state index is 12.1. The molecule has 0 aliphatic carbocycles. The van der Waals surface area contributed by atoms with Crippen LogP contribution in [0.2, 0.25) is 0 Å². The van der Waals surface area contributed by atoms with E-state index in [4.69, 9.17) is 4.74 Å². The molecule has 1 heterocycles. The molecule has 0 radical (unpaired) electrons. The van der Waals surface area contributed by atoms with Crippen molar-refractivity contribution < 1.29 is 14.3 Å². The zero-order valence-corrected chi connectivity index (χ0v) is 15.4. The van der Waals surface area contributed by atoms with Crippen LogP contribution in [0.3, 0.4) is 0 Å². The number of nitrogens with one attached hydrogen (secondary N) is 2. The SMILES string of the molecule is CCC(C)C(=O)Nc1nnc(CCNC(=O)c2cccc(OC)c2)s1. The molecule has 2 amide bonds. The molecule has 1 unspecified atom stereocenters. The summed E-state index contributed by atoms with van der Waals surface area (Å²) in [5.74, 6) is 0.346. The highest BCUT2D eigenvalue weighted by atomic mass is 32.1. The lowest BCUT2D eigenvalue weighted by atomic mass is 10.1. The molecule has 2 N–H and O–H groups in total. The van der Waals surface area contributed by atoms with Crippen molar-refractivity contribution in [3.05, 3.63) is 34.8 Å². The van der Waals surface area contributed by atoms with Gasteiger partial charge in [-0.25, -0.2) is 0 Å². The van der Waals surface area contributed by atoms with Crippen molar-refractivity contribution in [2.75, 3.05) is 19.0 Å². The molecule has 0 spiro atoms. The molecule has 134 valence electrons. The average Bonchev–Trinajstić information content (AvgIpc) is 3.08. The fraction of sp³-hybridized carbons (Fsp3) is 0.412. The lowest BCUT2D eigenvalue weighted by Crippen LogP contribution is -2.25. The van der Waals surface area contributed by atoms with Crippen LogP contribution >= 0.6 is 11.3 Å². The van der Waals surface area contributed by atoms with Gasteiger partial charge in [-0.3, -0.25) is 9.59 Å². The molecular weight excluding hydrogens is 340 g/mol. The number of anilines is 1. The summed E-state index contributed by atoms with van der Waals surface area (Å²) in [6.07, 6.45) is 1.32. The molecule has 8 heteroatoms. The standard InChI is InChI=1S/C17H22N4O3S/c1-4-11(2)15(22)19-17-21-20-14(25-17)8-9-18-16(23)12-6-5-7-13(10-12)24-3/h5-7,10-11H,4,8-9H2,1-3H3,(H,18,23)(H,19,21,22). The summed E-state index contributed by atoms with van der Waals surface area (Å²) in [7, 11) is 1.56. The number of carbonyl (C=O) groups is 2. The summed E-state index contributed by atoms with van der Waals surface area (Å²) in [6, 6.07) is 6.96. The number of amides is 2. The van der Waals surface area contributed by atoms with Gasteiger partial charge in [-0.15, -0.1) is 10.2 Å². The zero-order valence-electron chi connectivity index (χ0n) is 14.5. The third-order valence-electron chi connectivity index (χ3n) is 3.71. The molecule has 0 aliphatic rings. The normalized spacial score (nSPS) is 11.6. The third-order valence-corrected chi connectivity index (χ3v) is 4.61. The van der Waals surface area contributed by atoms with E-state index in [1.54, 1.807) is 31.4 Å². The Hall–Kier alpha value is -2.48. The van der Waals surface area contributed by atoms with Gasteiger partial charge in [0.2, 0.25) is 11.0 Å². The predicted molar refractivity (Wildman–Crippen MR) is 97.0 cm³/mol. The average molecular weight is 362 g/mol.